The monoisotopic (exact) mass is 275 g/mol. The predicted molar refractivity (Wildman–Crippen MR) is 60.6 cm³/mol. The van der Waals surface area contributed by atoms with Gasteiger partial charge in [-0.2, -0.15) is 13.2 Å². The fraction of sp³-hybridized carbons (Fsp3) is 0.333. The fourth-order valence-electron chi connectivity index (χ4n) is 1.40. The summed E-state index contributed by atoms with van der Waals surface area (Å²) in [6, 6.07) is 5.42. The Morgan fingerprint density at radius 1 is 1.21 bits per heavy atom. The summed E-state index contributed by atoms with van der Waals surface area (Å²) in [5.41, 5.74) is 0.100. The van der Waals surface area contributed by atoms with E-state index in [4.69, 9.17) is 5.11 Å². The molecule has 1 aromatic carbocycles. The van der Waals surface area contributed by atoms with E-state index in [1.54, 1.807) is 6.07 Å². The third-order valence-electron chi connectivity index (χ3n) is 2.60. The first kappa shape index (κ1) is 15.0. The molecule has 1 amide bonds. The van der Waals surface area contributed by atoms with Gasteiger partial charge in [-0.3, -0.25) is 4.79 Å². The molecule has 19 heavy (non-hydrogen) atoms. The first-order valence-corrected chi connectivity index (χ1v) is 5.39. The largest absolute Gasteiger partial charge is 0.480 e. The highest BCUT2D eigenvalue weighted by molar-refractivity contribution is 5.96. The first-order valence-electron chi connectivity index (χ1n) is 5.39. The Hall–Kier alpha value is -2.05. The van der Waals surface area contributed by atoms with Crippen molar-refractivity contribution in [3.8, 4) is 0 Å². The lowest BCUT2D eigenvalue weighted by atomic mass is 10.0. The van der Waals surface area contributed by atoms with Gasteiger partial charge in [0.1, 0.15) is 6.04 Å². The second-order valence-electron chi connectivity index (χ2n) is 3.99. The minimum atomic E-state index is -4.70. The Morgan fingerprint density at radius 3 is 2.16 bits per heavy atom. The lowest BCUT2D eigenvalue weighted by Gasteiger charge is -2.23. The Balaban J connectivity index is 2.86. The minimum absolute atomic E-state index is 0.100. The van der Waals surface area contributed by atoms with Crippen LogP contribution in [0.4, 0.5) is 13.2 Å². The average molecular weight is 275 g/mol. The van der Waals surface area contributed by atoms with Gasteiger partial charge in [-0.15, -0.1) is 0 Å². The van der Waals surface area contributed by atoms with E-state index >= 15 is 0 Å². The number of hydrogen-bond donors (Lipinski definition) is 2. The van der Waals surface area contributed by atoms with Crippen molar-refractivity contribution in [2.24, 2.45) is 5.92 Å². The maximum absolute atomic E-state index is 12.5. The van der Waals surface area contributed by atoms with Crippen molar-refractivity contribution < 1.29 is 27.9 Å². The number of carboxylic acids is 1. The first-order chi connectivity index (χ1) is 8.73. The normalized spacial score (nSPS) is 14.5. The molecule has 4 nitrogen and oxygen atoms in total. The number of carbonyl (C=O) groups is 2. The number of carbonyl (C=O) groups excluding carboxylic acids is 1. The molecular weight excluding hydrogens is 263 g/mol. The average Bonchev–Trinajstić information content (AvgIpc) is 2.34. The van der Waals surface area contributed by atoms with E-state index < -0.39 is 30.0 Å². The summed E-state index contributed by atoms with van der Waals surface area (Å²) in [5.74, 6) is -4.77. The minimum Gasteiger partial charge on any atom is -0.480 e. The second kappa shape index (κ2) is 5.73. The SMILES string of the molecule is CC(C(NC(=O)c1ccccc1)C(=O)O)C(F)(F)F. The molecule has 1 aromatic rings. The van der Waals surface area contributed by atoms with E-state index in [0.717, 1.165) is 0 Å². The Labute approximate surface area is 107 Å². The quantitative estimate of drug-likeness (QED) is 0.884. The van der Waals surface area contributed by atoms with Crippen molar-refractivity contribution in [3.05, 3.63) is 35.9 Å². The zero-order valence-electron chi connectivity index (χ0n) is 9.94. The molecule has 2 atom stereocenters. The van der Waals surface area contributed by atoms with Gasteiger partial charge in [0.2, 0.25) is 0 Å². The molecule has 0 fully saturated rings. The summed E-state index contributed by atoms with van der Waals surface area (Å²) in [6.45, 7) is 0.712. The number of aliphatic carboxylic acids is 1. The molecule has 0 saturated heterocycles. The summed E-state index contributed by atoms with van der Waals surface area (Å²) in [5, 5.41) is 10.7. The topological polar surface area (TPSA) is 66.4 Å². The number of halogens is 3. The van der Waals surface area contributed by atoms with Crippen LogP contribution in [-0.4, -0.2) is 29.2 Å². The molecule has 0 aliphatic heterocycles. The number of rotatable bonds is 4. The fourth-order valence-corrected chi connectivity index (χ4v) is 1.40. The van der Waals surface area contributed by atoms with E-state index in [2.05, 4.69) is 0 Å². The van der Waals surface area contributed by atoms with Crippen molar-refractivity contribution >= 4 is 11.9 Å². The van der Waals surface area contributed by atoms with Crippen LogP contribution in [-0.2, 0) is 4.79 Å². The molecule has 0 aliphatic carbocycles. The number of amides is 1. The third-order valence-corrected chi connectivity index (χ3v) is 2.60. The summed E-state index contributed by atoms with van der Waals surface area (Å²) in [4.78, 5) is 22.5. The van der Waals surface area contributed by atoms with Crippen molar-refractivity contribution in [3.63, 3.8) is 0 Å². The van der Waals surface area contributed by atoms with Crippen LogP contribution in [0.5, 0.6) is 0 Å². The van der Waals surface area contributed by atoms with E-state index in [1.165, 1.54) is 24.3 Å². The van der Waals surface area contributed by atoms with Gasteiger partial charge in [-0.05, 0) is 12.1 Å². The van der Waals surface area contributed by atoms with Crippen LogP contribution in [0.2, 0.25) is 0 Å². The van der Waals surface area contributed by atoms with Gasteiger partial charge < -0.3 is 10.4 Å². The molecule has 0 radical (unpaired) electrons. The van der Waals surface area contributed by atoms with E-state index in [9.17, 15) is 22.8 Å². The molecule has 1 rings (SSSR count). The maximum atomic E-state index is 12.5. The predicted octanol–water partition coefficient (Wildman–Crippen LogP) is 2.07. The van der Waals surface area contributed by atoms with E-state index in [0.29, 0.717) is 6.92 Å². The van der Waals surface area contributed by atoms with E-state index in [-0.39, 0.29) is 5.56 Å². The number of benzene rings is 1. The zero-order valence-corrected chi connectivity index (χ0v) is 9.94. The highest BCUT2D eigenvalue weighted by Gasteiger charge is 2.45. The molecule has 0 spiro atoms. The lowest BCUT2D eigenvalue weighted by Crippen LogP contribution is -2.49. The van der Waals surface area contributed by atoms with Gasteiger partial charge >= 0.3 is 12.1 Å². The van der Waals surface area contributed by atoms with Gasteiger partial charge in [0, 0.05) is 5.56 Å². The Bertz CT molecular complexity index is 459. The summed E-state index contributed by atoms with van der Waals surface area (Å²) in [7, 11) is 0. The number of hydrogen-bond acceptors (Lipinski definition) is 2. The number of carboxylic acid groups (broad SMARTS) is 1. The zero-order chi connectivity index (χ0) is 14.6. The third kappa shape index (κ3) is 3.97. The highest BCUT2D eigenvalue weighted by atomic mass is 19.4. The van der Waals surface area contributed by atoms with Gasteiger partial charge in [0.25, 0.3) is 5.91 Å². The van der Waals surface area contributed by atoms with Gasteiger partial charge in [0.15, 0.2) is 0 Å². The van der Waals surface area contributed by atoms with Crippen LogP contribution >= 0.6 is 0 Å². The summed E-state index contributed by atoms with van der Waals surface area (Å²) < 4.78 is 37.5. The second-order valence-corrected chi connectivity index (χ2v) is 3.99. The van der Waals surface area contributed by atoms with Crippen LogP contribution in [0, 0.1) is 5.92 Å². The molecule has 104 valence electrons. The van der Waals surface area contributed by atoms with Crippen LogP contribution in [0.25, 0.3) is 0 Å². The number of nitrogens with one attached hydrogen (secondary N) is 1. The van der Waals surface area contributed by atoms with Crippen molar-refractivity contribution in [2.45, 2.75) is 19.1 Å². The summed E-state index contributed by atoms with van der Waals surface area (Å²) >= 11 is 0. The highest BCUT2D eigenvalue weighted by Crippen LogP contribution is 2.28. The molecule has 0 saturated carbocycles. The molecule has 7 heteroatoms. The smallest absolute Gasteiger partial charge is 0.394 e. The molecule has 0 bridgehead atoms. The van der Waals surface area contributed by atoms with Crippen LogP contribution in [0.3, 0.4) is 0 Å². The van der Waals surface area contributed by atoms with Crippen molar-refractivity contribution in [1.29, 1.82) is 0 Å². The van der Waals surface area contributed by atoms with Crippen LogP contribution < -0.4 is 5.32 Å². The standard InChI is InChI=1S/C12H12F3NO3/c1-7(12(13,14)15)9(11(18)19)16-10(17)8-5-3-2-4-6-8/h2-7,9H,1H3,(H,16,17)(H,18,19). The Kier molecular flexibility index (Phi) is 4.52. The lowest BCUT2D eigenvalue weighted by molar-refractivity contribution is -0.184. The van der Waals surface area contributed by atoms with Crippen LogP contribution in [0.1, 0.15) is 17.3 Å². The molecule has 2 unspecified atom stereocenters. The van der Waals surface area contributed by atoms with Crippen LogP contribution in [0.15, 0.2) is 30.3 Å². The van der Waals surface area contributed by atoms with E-state index in [1.807, 2.05) is 5.32 Å². The van der Waals surface area contributed by atoms with Gasteiger partial charge in [-0.25, -0.2) is 4.79 Å². The molecular formula is C12H12F3NO3. The summed E-state index contributed by atoms with van der Waals surface area (Å²) in [6.07, 6.45) is -4.70. The maximum Gasteiger partial charge on any atom is 0.394 e. The molecule has 0 aromatic heterocycles. The molecule has 2 N–H and O–H groups in total. The Morgan fingerprint density at radius 2 is 1.74 bits per heavy atom. The molecule has 0 aliphatic rings. The number of alkyl halides is 3. The van der Waals surface area contributed by atoms with Gasteiger partial charge in [0.05, 0.1) is 5.92 Å². The molecule has 0 heterocycles. The van der Waals surface area contributed by atoms with Crippen molar-refractivity contribution in [2.75, 3.05) is 0 Å². The van der Waals surface area contributed by atoms with Gasteiger partial charge in [-0.1, -0.05) is 25.1 Å². The van der Waals surface area contributed by atoms with Crippen molar-refractivity contribution in [1.82, 2.24) is 5.32 Å².